The van der Waals surface area contributed by atoms with Gasteiger partial charge in [0.2, 0.25) is 11.8 Å². The van der Waals surface area contributed by atoms with Crippen LogP contribution in [0.2, 0.25) is 0 Å². The number of unbranched alkanes of at least 4 members (excludes halogenated alkanes) is 4. The second-order valence-electron chi connectivity index (χ2n) is 9.65. The topological polar surface area (TPSA) is 82.9 Å². The molecule has 198 valence electrons. The van der Waals surface area contributed by atoms with Crippen molar-refractivity contribution >= 4 is 34.3 Å². The summed E-state index contributed by atoms with van der Waals surface area (Å²) < 4.78 is 1.62. The number of hydrogen-bond acceptors (Lipinski definition) is 4. The first kappa shape index (κ1) is 28.0. The molecule has 0 aliphatic rings. The maximum atomic E-state index is 13.4. The molecule has 7 heteroatoms. The van der Waals surface area contributed by atoms with E-state index in [0.717, 1.165) is 45.1 Å². The summed E-state index contributed by atoms with van der Waals surface area (Å²) in [4.78, 5) is 41.9. The minimum atomic E-state index is -0.183. The number of benzene rings is 2. The van der Waals surface area contributed by atoms with Gasteiger partial charge in [0.1, 0.15) is 5.75 Å². The summed E-state index contributed by atoms with van der Waals surface area (Å²) >= 11 is 0. The molecular weight excluding hydrogens is 466 g/mol. The van der Waals surface area contributed by atoms with Gasteiger partial charge in [-0.2, -0.15) is 0 Å². The Morgan fingerprint density at radius 2 is 1.62 bits per heavy atom. The van der Waals surface area contributed by atoms with Crippen LogP contribution in [0.4, 0.5) is 5.69 Å². The van der Waals surface area contributed by atoms with Crippen molar-refractivity contribution in [3.63, 3.8) is 0 Å². The van der Waals surface area contributed by atoms with E-state index in [1.54, 1.807) is 39.8 Å². The van der Waals surface area contributed by atoms with Crippen molar-refractivity contribution in [1.82, 2.24) is 9.47 Å². The van der Waals surface area contributed by atoms with Gasteiger partial charge < -0.3 is 14.9 Å². The van der Waals surface area contributed by atoms with Gasteiger partial charge in [-0.3, -0.25) is 19.0 Å². The Morgan fingerprint density at radius 3 is 2.30 bits per heavy atom. The standard InChI is InChI=1S/C30H39N3O4/c1-5-6-19-31(4)28(36)16-12-7-8-13-20-32(23(3)34)29-22(2)33(27-18-17-25(35)21-26(27)29)30(37)24-14-10-9-11-15-24/h9-11,14-15,17-18,21,35H,5-8,12-13,16,19-20H2,1-4H3. The van der Waals surface area contributed by atoms with Crippen LogP contribution in [0.3, 0.4) is 0 Å². The molecule has 1 heterocycles. The number of carbonyl (C=O) groups is 3. The highest BCUT2D eigenvalue weighted by Gasteiger charge is 2.25. The normalized spacial score (nSPS) is 11.0. The number of phenolic OH excluding ortho intramolecular Hbond substituents is 1. The van der Waals surface area contributed by atoms with E-state index in [4.69, 9.17) is 0 Å². The average Bonchev–Trinajstić information content (AvgIpc) is 3.17. The third-order valence-electron chi connectivity index (χ3n) is 6.82. The molecule has 0 aliphatic carbocycles. The molecule has 3 aromatic rings. The third kappa shape index (κ3) is 6.79. The van der Waals surface area contributed by atoms with Crippen LogP contribution < -0.4 is 4.90 Å². The maximum Gasteiger partial charge on any atom is 0.262 e. The van der Waals surface area contributed by atoms with Gasteiger partial charge in [-0.25, -0.2) is 0 Å². The van der Waals surface area contributed by atoms with Gasteiger partial charge in [0.25, 0.3) is 5.91 Å². The first-order valence-electron chi connectivity index (χ1n) is 13.2. The zero-order chi connectivity index (χ0) is 26.9. The number of fused-ring (bicyclic) bond motifs is 1. The summed E-state index contributed by atoms with van der Waals surface area (Å²) in [7, 11) is 1.86. The van der Waals surface area contributed by atoms with Crippen molar-refractivity contribution < 1.29 is 19.5 Å². The molecule has 37 heavy (non-hydrogen) atoms. The fraction of sp³-hybridized carbons (Fsp3) is 0.433. The van der Waals surface area contributed by atoms with Gasteiger partial charge in [-0.05, 0) is 56.5 Å². The van der Waals surface area contributed by atoms with Gasteiger partial charge in [0.05, 0.1) is 11.2 Å². The minimum absolute atomic E-state index is 0.0788. The quantitative estimate of drug-likeness (QED) is 0.310. The SMILES string of the molecule is CCCCN(C)C(=O)CCCCCCN(C(C)=O)c1c(C)n(C(=O)c2ccccc2)c2ccc(O)cc12. The highest BCUT2D eigenvalue weighted by Crippen LogP contribution is 2.36. The van der Waals surface area contributed by atoms with E-state index in [-0.39, 0.29) is 23.5 Å². The Bertz CT molecular complexity index is 1230. The van der Waals surface area contributed by atoms with Crippen LogP contribution in [0, 0.1) is 6.92 Å². The van der Waals surface area contributed by atoms with Gasteiger partial charge in [0, 0.05) is 50.1 Å². The van der Waals surface area contributed by atoms with Crippen molar-refractivity contribution in [3.05, 3.63) is 59.8 Å². The van der Waals surface area contributed by atoms with Crippen LogP contribution >= 0.6 is 0 Å². The summed E-state index contributed by atoms with van der Waals surface area (Å²) in [6, 6.07) is 13.9. The molecule has 3 rings (SSSR count). The number of hydrogen-bond donors (Lipinski definition) is 1. The van der Waals surface area contributed by atoms with Gasteiger partial charge in [-0.1, -0.05) is 44.4 Å². The van der Waals surface area contributed by atoms with Crippen molar-refractivity contribution in [2.45, 2.75) is 65.7 Å². The number of amides is 2. The van der Waals surface area contributed by atoms with Crippen LogP contribution in [0.1, 0.15) is 74.8 Å². The van der Waals surface area contributed by atoms with Gasteiger partial charge in [-0.15, -0.1) is 0 Å². The lowest BCUT2D eigenvalue weighted by molar-refractivity contribution is -0.130. The summed E-state index contributed by atoms with van der Waals surface area (Å²) in [5, 5.41) is 10.9. The van der Waals surface area contributed by atoms with E-state index in [1.807, 2.05) is 37.1 Å². The number of carbonyl (C=O) groups excluding carboxylic acids is 3. The first-order valence-corrected chi connectivity index (χ1v) is 13.2. The largest absolute Gasteiger partial charge is 0.508 e. The summed E-state index contributed by atoms with van der Waals surface area (Å²) in [5.41, 5.74) is 2.50. The first-order chi connectivity index (χ1) is 17.8. The van der Waals surface area contributed by atoms with Crippen LogP contribution in [0.5, 0.6) is 5.75 Å². The number of anilines is 1. The Labute approximate surface area is 219 Å². The van der Waals surface area contributed by atoms with Crippen LogP contribution in [-0.2, 0) is 9.59 Å². The molecule has 7 nitrogen and oxygen atoms in total. The molecule has 0 saturated carbocycles. The third-order valence-corrected chi connectivity index (χ3v) is 6.82. The molecular formula is C30H39N3O4. The minimum Gasteiger partial charge on any atom is -0.508 e. The zero-order valence-electron chi connectivity index (χ0n) is 22.5. The molecule has 0 aliphatic heterocycles. The molecule has 0 spiro atoms. The van der Waals surface area contributed by atoms with E-state index in [0.29, 0.717) is 40.8 Å². The lowest BCUT2D eigenvalue weighted by Gasteiger charge is -2.22. The molecule has 0 atom stereocenters. The van der Waals surface area contributed by atoms with Crippen molar-refractivity contribution in [2.75, 3.05) is 25.0 Å². The smallest absolute Gasteiger partial charge is 0.262 e. The molecule has 0 fully saturated rings. The van der Waals surface area contributed by atoms with Gasteiger partial charge >= 0.3 is 0 Å². The number of rotatable bonds is 12. The van der Waals surface area contributed by atoms with Crippen LogP contribution in [0.25, 0.3) is 10.9 Å². The summed E-state index contributed by atoms with van der Waals surface area (Å²) in [6.45, 7) is 6.78. The maximum absolute atomic E-state index is 13.4. The predicted molar refractivity (Wildman–Crippen MR) is 148 cm³/mol. The Balaban J connectivity index is 1.74. The second kappa shape index (κ2) is 13.1. The monoisotopic (exact) mass is 505 g/mol. The number of phenols is 1. The Hall–Kier alpha value is -3.61. The highest BCUT2D eigenvalue weighted by molar-refractivity contribution is 6.11. The average molecular weight is 506 g/mol. The fourth-order valence-electron chi connectivity index (χ4n) is 4.74. The van der Waals surface area contributed by atoms with Crippen molar-refractivity contribution in [2.24, 2.45) is 0 Å². The molecule has 1 aromatic heterocycles. The molecule has 2 aromatic carbocycles. The van der Waals surface area contributed by atoms with Crippen LogP contribution in [0.15, 0.2) is 48.5 Å². The molecule has 0 saturated heterocycles. The number of nitrogens with zero attached hydrogens (tertiary/aromatic N) is 3. The molecule has 1 N–H and O–H groups in total. The van der Waals surface area contributed by atoms with E-state index < -0.39 is 0 Å². The molecule has 0 bridgehead atoms. The lowest BCUT2D eigenvalue weighted by atomic mass is 10.1. The summed E-state index contributed by atoms with van der Waals surface area (Å²) in [6.07, 6.45) is 6.04. The molecule has 2 amide bonds. The number of aromatic nitrogens is 1. The van der Waals surface area contributed by atoms with E-state index >= 15 is 0 Å². The Kier molecular flexibility index (Phi) is 9.89. The molecule has 0 radical (unpaired) electrons. The summed E-state index contributed by atoms with van der Waals surface area (Å²) in [5.74, 6) is -0.0391. The predicted octanol–water partition coefficient (Wildman–Crippen LogP) is 5.91. The lowest BCUT2D eigenvalue weighted by Crippen LogP contribution is -2.30. The fourth-order valence-corrected chi connectivity index (χ4v) is 4.74. The van der Waals surface area contributed by atoms with E-state index in [9.17, 15) is 19.5 Å². The Morgan fingerprint density at radius 1 is 0.919 bits per heavy atom. The highest BCUT2D eigenvalue weighted by atomic mass is 16.3. The van der Waals surface area contributed by atoms with Crippen molar-refractivity contribution in [3.8, 4) is 5.75 Å². The van der Waals surface area contributed by atoms with Crippen LogP contribution in [-0.4, -0.2) is 52.4 Å². The van der Waals surface area contributed by atoms with Crippen molar-refractivity contribution in [1.29, 1.82) is 0 Å². The van der Waals surface area contributed by atoms with E-state index in [2.05, 4.69) is 6.92 Å². The second-order valence-corrected chi connectivity index (χ2v) is 9.65. The zero-order valence-corrected chi connectivity index (χ0v) is 22.5. The van der Waals surface area contributed by atoms with E-state index in [1.165, 1.54) is 6.92 Å². The number of aromatic hydroxyl groups is 1. The molecule has 0 unspecified atom stereocenters. The van der Waals surface area contributed by atoms with Gasteiger partial charge in [0.15, 0.2) is 0 Å².